The van der Waals surface area contributed by atoms with Crippen molar-refractivity contribution in [2.75, 3.05) is 12.9 Å². The van der Waals surface area contributed by atoms with Gasteiger partial charge in [-0.15, -0.1) is 10.2 Å². The van der Waals surface area contributed by atoms with Crippen LogP contribution in [-0.2, 0) is 24.9 Å². The van der Waals surface area contributed by atoms with Gasteiger partial charge in [0.15, 0.2) is 11.0 Å². The lowest BCUT2D eigenvalue weighted by atomic mass is 10.2. The summed E-state index contributed by atoms with van der Waals surface area (Å²) in [6, 6.07) is 21.3. The second-order valence-corrected chi connectivity index (χ2v) is 8.11. The minimum atomic E-state index is -0.00269. The second-order valence-electron chi connectivity index (χ2n) is 7.17. The molecule has 4 rings (SSSR count). The van der Waals surface area contributed by atoms with Crippen molar-refractivity contribution in [3.8, 4) is 17.1 Å². The molecule has 2 aromatic carbocycles. The highest BCUT2D eigenvalue weighted by molar-refractivity contribution is 7.99. The first kappa shape index (κ1) is 21.7. The van der Waals surface area contributed by atoms with Gasteiger partial charge in [0.2, 0.25) is 5.91 Å². The molecule has 0 aliphatic carbocycles. The second kappa shape index (κ2) is 10.2. The van der Waals surface area contributed by atoms with Crippen molar-refractivity contribution in [2.45, 2.75) is 18.2 Å². The van der Waals surface area contributed by atoms with Gasteiger partial charge in [0.05, 0.1) is 31.2 Å². The molecule has 0 atom stereocenters. The SMILES string of the molecule is COc1ccccc1-c1nnc(SCC(=O)N(Cc2ccccc2)Cc2ccco2)n1C. The van der Waals surface area contributed by atoms with E-state index in [9.17, 15) is 4.79 Å². The van der Waals surface area contributed by atoms with E-state index in [0.717, 1.165) is 22.6 Å². The molecule has 4 aromatic rings. The maximum atomic E-state index is 13.1. The summed E-state index contributed by atoms with van der Waals surface area (Å²) < 4.78 is 12.8. The Morgan fingerprint density at radius 1 is 1.03 bits per heavy atom. The molecule has 0 unspecified atom stereocenters. The summed E-state index contributed by atoms with van der Waals surface area (Å²) in [4.78, 5) is 14.9. The highest BCUT2D eigenvalue weighted by atomic mass is 32.2. The average molecular weight is 449 g/mol. The number of hydrogen-bond donors (Lipinski definition) is 0. The van der Waals surface area contributed by atoms with Crippen LogP contribution in [0.3, 0.4) is 0 Å². The summed E-state index contributed by atoms with van der Waals surface area (Å²) in [5, 5.41) is 9.27. The number of amides is 1. The molecule has 1 amide bonds. The van der Waals surface area contributed by atoms with Crippen molar-refractivity contribution >= 4 is 17.7 Å². The topological polar surface area (TPSA) is 73.4 Å². The van der Waals surface area contributed by atoms with E-state index < -0.39 is 0 Å². The van der Waals surface area contributed by atoms with Gasteiger partial charge in [-0.25, -0.2) is 0 Å². The Morgan fingerprint density at radius 3 is 2.56 bits per heavy atom. The molecule has 0 aliphatic heterocycles. The predicted octanol–water partition coefficient (Wildman–Crippen LogP) is 4.40. The van der Waals surface area contributed by atoms with Crippen LogP contribution in [0.25, 0.3) is 11.4 Å². The summed E-state index contributed by atoms with van der Waals surface area (Å²) in [6.07, 6.45) is 1.62. The van der Waals surface area contributed by atoms with Crippen LogP contribution in [0.15, 0.2) is 82.6 Å². The van der Waals surface area contributed by atoms with Crippen molar-refractivity contribution in [1.29, 1.82) is 0 Å². The lowest BCUT2D eigenvalue weighted by Crippen LogP contribution is -2.31. The first-order valence-corrected chi connectivity index (χ1v) is 11.1. The molecule has 8 heteroatoms. The standard InChI is InChI=1S/C24H24N4O3S/c1-27-23(20-12-6-7-13-21(20)30-2)25-26-24(27)32-17-22(29)28(16-19-11-8-14-31-19)15-18-9-4-3-5-10-18/h3-14H,15-17H2,1-2H3. The van der Waals surface area contributed by atoms with Gasteiger partial charge in [0.1, 0.15) is 11.5 Å². The normalized spacial score (nSPS) is 10.8. The van der Waals surface area contributed by atoms with E-state index in [-0.39, 0.29) is 11.7 Å². The molecule has 7 nitrogen and oxygen atoms in total. The highest BCUT2D eigenvalue weighted by Gasteiger charge is 2.19. The fourth-order valence-electron chi connectivity index (χ4n) is 3.35. The number of nitrogens with zero attached hydrogens (tertiary/aromatic N) is 4. The van der Waals surface area contributed by atoms with Gasteiger partial charge in [0, 0.05) is 13.6 Å². The minimum absolute atomic E-state index is 0.00269. The molecule has 0 saturated heterocycles. The van der Waals surface area contributed by atoms with Gasteiger partial charge in [-0.3, -0.25) is 4.79 Å². The molecule has 0 radical (unpaired) electrons. The molecule has 0 spiro atoms. The molecule has 0 N–H and O–H groups in total. The van der Waals surface area contributed by atoms with Gasteiger partial charge < -0.3 is 18.6 Å². The molecule has 2 heterocycles. The van der Waals surface area contributed by atoms with Crippen LogP contribution < -0.4 is 4.74 Å². The molecule has 2 aromatic heterocycles. The number of methoxy groups -OCH3 is 1. The number of furan rings is 1. The molecule has 0 saturated carbocycles. The zero-order valence-corrected chi connectivity index (χ0v) is 18.8. The Kier molecular flexibility index (Phi) is 6.91. The van der Waals surface area contributed by atoms with E-state index in [1.54, 1.807) is 18.3 Å². The highest BCUT2D eigenvalue weighted by Crippen LogP contribution is 2.30. The fraction of sp³-hybridized carbons (Fsp3) is 0.208. The van der Waals surface area contributed by atoms with Crippen molar-refractivity contribution in [1.82, 2.24) is 19.7 Å². The number of benzene rings is 2. The Labute approximate surface area is 191 Å². The average Bonchev–Trinajstić information content (AvgIpc) is 3.47. The largest absolute Gasteiger partial charge is 0.496 e. The molecule has 0 fully saturated rings. The van der Waals surface area contributed by atoms with Crippen LogP contribution in [0.4, 0.5) is 0 Å². The number of thioether (sulfide) groups is 1. The third-order valence-corrected chi connectivity index (χ3v) is 6.01. The quantitative estimate of drug-likeness (QED) is 0.353. The monoisotopic (exact) mass is 448 g/mol. The van der Waals surface area contributed by atoms with Gasteiger partial charge in [0.25, 0.3) is 0 Å². The van der Waals surface area contributed by atoms with E-state index in [4.69, 9.17) is 9.15 Å². The number of ether oxygens (including phenoxy) is 1. The number of rotatable bonds is 9. The van der Waals surface area contributed by atoms with Crippen LogP contribution in [-0.4, -0.2) is 38.4 Å². The molecule has 32 heavy (non-hydrogen) atoms. The van der Waals surface area contributed by atoms with Crippen molar-refractivity contribution < 1.29 is 13.9 Å². The first-order valence-electron chi connectivity index (χ1n) is 10.2. The van der Waals surface area contributed by atoms with Gasteiger partial charge >= 0.3 is 0 Å². The Morgan fingerprint density at radius 2 is 1.81 bits per heavy atom. The number of carbonyl (C=O) groups is 1. The van der Waals surface area contributed by atoms with Crippen LogP contribution in [0.2, 0.25) is 0 Å². The van der Waals surface area contributed by atoms with Crippen LogP contribution >= 0.6 is 11.8 Å². The van der Waals surface area contributed by atoms with Crippen LogP contribution in [0.5, 0.6) is 5.75 Å². The summed E-state index contributed by atoms with van der Waals surface area (Å²) in [7, 11) is 3.52. The predicted molar refractivity (Wildman–Crippen MR) is 123 cm³/mol. The smallest absolute Gasteiger partial charge is 0.233 e. The van der Waals surface area contributed by atoms with Crippen molar-refractivity contribution in [2.24, 2.45) is 7.05 Å². The summed E-state index contributed by atoms with van der Waals surface area (Å²) >= 11 is 1.36. The first-order chi connectivity index (χ1) is 15.7. The maximum absolute atomic E-state index is 13.1. The van der Waals surface area contributed by atoms with E-state index in [2.05, 4.69) is 10.2 Å². The van der Waals surface area contributed by atoms with Crippen molar-refractivity contribution in [3.63, 3.8) is 0 Å². The lowest BCUT2D eigenvalue weighted by molar-refractivity contribution is -0.129. The molecular formula is C24H24N4O3S. The molecule has 164 valence electrons. The number of carbonyl (C=O) groups excluding carboxylic acids is 1. The van der Waals surface area contributed by atoms with Crippen LogP contribution in [0.1, 0.15) is 11.3 Å². The van der Waals surface area contributed by atoms with Crippen molar-refractivity contribution in [3.05, 3.63) is 84.3 Å². The third-order valence-electron chi connectivity index (χ3n) is 5.00. The maximum Gasteiger partial charge on any atom is 0.233 e. The third kappa shape index (κ3) is 5.03. The number of aromatic nitrogens is 3. The Hall–Kier alpha value is -3.52. The fourth-order valence-corrected chi connectivity index (χ4v) is 4.16. The van der Waals surface area contributed by atoms with Gasteiger partial charge in [-0.05, 0) is 29.8 Å². The number of para-hydroxylation sites is 1. The van der Waals surface area contributed by atoms with E-state index in [0.29, 0.717) is 24.1 Å². The summed E-state index contributed by atoms with van der Waals surface area (Å²) in [5.74, 6) is 2.40. The molecule has 0 aliphatic rings. The summed E-state index contributed by atoms with van der Waals surface area (Å²) in [5.41, 5.74) is 1.92. The zero-order valence-electron chi connectivity index (χ0n) is 18.0. The minimum Gasteiger partial charge on any atom is -0.496 e. The van der Waals surface area contributed by atoms with Crippen LogP contribution in [0, 0.1) is 0 Å². The van der Waals surface area contributed by atoms with Gasteiger partial charge in [-0.1, -0.05) is 54.2 Å². The molecule has 0 bridgehead atoms. The van der Waals surface area contributed by atoms with E-state index in [1.165, 1.54) is 11.8 Å². The summed E-state index contributed by atoms with van der Waals surface area (Å²) in [6.45, 7) is 0.915. The van der Waals surface area contributed by atoms with Gasteiger partial charge in [-0.2, -0.15) is 0 Å². The number of hydrogen-bond acceptors (Lipinski definition) is 6. The zero-order chi connectivity index (χ0) is 22.3. The van der Waals surface area contributed by atoms with E-state index >= 15 is 0 Å². The molecular weight excluding hydrogens is 424 g/mol. The Balaban J connectivity index is 1.47. The van der Waals surface area contributed by atoms with E-state index in [1.807, 2.05) is 78.3 Å². The Bertz CT molecular complexity index is 1160. The lowest BCUT2D eigenvalue weighted by Gasteiger charge is -2.21.